The highest BCUT2D eigenvalue weighted by Crippen LogP contribution is 2.22. The van der Waals surface area contributed by atoms with E-state index >= 15 is 0 Å². The van der Waals surface area contributed by atoms with Gasteiger partial charge >= 0.3 is 0 Å². The molecule has 4 nitrogen and oxygen atoms in total. The number of hydrogen-bond acceptors (Lipinski definition) is 3. The molecular formula is C13H19NO3. The first kappa shape index (κ1) is 13.6. The van der Waals surface area contributed by atoms with Crippen LogP contribution in [0, 0.1) is 11.3 Å². The fourth-order valence-corrected chi connectivity index (χ4v) is 1.84. The zero-order valence-electron chi connectivity index (χ0n) is 10.8. The summed E-state index contributed by atoms with van der Waals surface area (Å²) < 4.78 is 0. The van der Waals surface area contributed by atoms with Crippen LogP contribution >= 0.6 is 0 Å². The monoisotopic (exact) mass is 237 g/mol. The molecule has 0 radical (unpaired) electrons. The van der Waals surface area contributed by atoms with Crippen molar-refractivity contribution in [2.24, 2.45) is 11.3 Å². The smallest absolute Gasteiger partial charge is 0.253 e. The minimum atomic E-state index is -0.378. The topological polar surface area (TPSA) is 54.5 Å². The molecule has 1 atom stereocenters. The maximum absolute atomic E-state index is 11.9. The molecule has 17 heavy (non-hydrogen) atoms. The third-order valence-electron chi connectivity index (χ3n) is 2.87. The Morgan fingerprint density at radius 1 is 1.24 bits per heavy atom. The number of rotatable bonds is 4. The number of amides is 2. The first-order chi connectivity index (χ1) is 7.73. The normalized spacial score (nSPS) is 17.8. The predicted molar refractivity (Wildman–Crippen MR) is 64.1 cm³/mol. The maximum atomic E-state index is 11.9. The highest BCUT2D eigenvalue weighted by Gasteiger charge is 2.29. The van der Waals surface area contributed by atoms with Crippen molar-refractivity contribution in [3.63, 3.8) is 0 Å². The van der Waals surface area contributed by atoms with Crippen molar-refractivity contribution in [1.82, 2.24) is 4.90 Å². The molecule has 94 valence electrons. The molecule has 0 fully saturated rings. The molecule has 0 N–H and O–H groups in total. The Labute approximate surface area is 102 Å². The van der Waals surface area contributed by atoms with E-state index in [1.165, 1.54) is 17.1 Å². The predicted octanol–water partition coefficient (Wildman–Crippen LogP) is 1.55. The summed E-state index contributed by atoms with van der Waals surface area (Å²) in [6, 6.07) is 0. The van der Waals surface area contributed by atoms with E-state index in [0.29, 0.717) is 13.0 Å². The quantitative estimate of drug-likeness (QED) is 0.697. The largest absolute Gasteiger partial charge is 0.299 e. The lowest BCUT2D eigenvalue weighted by Gasteiger charge is -2.23. The van der Waals surface area contributed by atoms with Gasteiger partial charge in [0, 0.05) is 30.0 Å². The molecule has 0 aromatic heterocycles. The van der Waals surface area contributed by atoms with Crippen LogP contribution in [0.5, 0.6) is 0 Å². The lowest BCUT2D eigenvalue weighted by Crippen LogP contribution is -2.34. The zero-order valence-corrected chi connectivity index (χ0v) is 10.8. The molecule has 0 saturated heterocycles. The second kappa shape index (κ2) is 4.82. The van der Waals surface area contributed by atoms with E-state index in [4.69, 9.17) is 0 Å². The molecule has 1 rings (SSSR count). The van der Waals surface area contributed by atoms with Crippen LogP contribution in [-0.2, 0) is 14.4 Å². The summed E-state index contributed by atoms with van der Waals surface area (Å²) in [5.74, 6) is -0.559. The van der Waals surface area contributed by atoms with E-state index in [0.717, 1.165) is 0 Å². The summed E-state index contributed by atoms with van der Waals surface area (Å²) in [7, 11) is 0. The van der Waals surface area contributed by atoms with Crippen LogP contribution in [0.15, 0.2) is 12.2 Å². The standard InChI is InChI=1S/C13H19NO3/c1-9(12(17)13(2,3)4)7-8-14-10(15)5-6-11(14)16/h5-6,9H,7-8H2,1-4H3. The van der Waals surface area contributed by atoms with Gasteiger partial charge in [-0.15, -0.1) is 0 Å². The summed E-state index contributed by atoms with van der Waals surface area (Å²) in [6.07, 6.45) is 3.05. The molecule has 0 aromatic carbocycles. The van der Waals surface area contributed by atoms with Gasteiger partial charge in [0.1, 0.15) is 5.78 Å². The van der Waals surface area contributed by atoms with Gasteiger partial charge in [0.2, 0.25) is 0 Å². The Balaban J connectivity index is 2.49. The van der Waals surface area contributed by atoms with Gasteiger partial charge in [0.15, 0.2) is 0 Å². The summed E-state index contributed by atoms with van der Waals surface area (Å²) in [5, 5.41) is 0. The van der Waals surface area contributed by atoms with E-state index in [9.17, 15) is 14.4 Å². The molecule has 0 bridgehead atoms. The highest BCUT2D eigenvalue weighted by atomic mass is 16.2. The number of carbonyl (C=O) groups excluding carboxylic acids is 3. The number of Topliss-reactive ketones (excluding diaryl/α,β-unsaturated/α-hetero) is 1. The fourth-order valence-electron chi connectivity index (χ4n) is 1.84. The first-order valence-corrected chi connectivity index (χ1v) is 5.81. The Kier molecular flexibility index (Phi) is 3.86. The van der Waals surface area contributed by atoms with Crippen molar-refractivity contribution < 1.29 is 14.4 Å². The van der Waals surface area contributed by atoms with Crippen molar-refractivity contribution in [1.29, 1.82) is 0 Å². The van der Waals surface area contributed by atoms with Crippen molar-refractivity contribution in [2.75, 3.05) is 6.54 Å². The second-order valence-electron chi connectivity index (χ2n) is 5.47. The first-order valence-electron chi connectivity index (χ1n) is 5.81. The number of carbonyl (C=O) groups is 3. The molecule has 0 aliphatic carbocycles. The highest BCUT2D eigenvalue weighted by molar-refractivity contribution is 6.12. The molecule has 1 aliphatic heterocycles. The van der Waals surface area contributed by atoms with E-state index in [1.54, 1.807) is 0 Å². The van der Waals surface area contributed by atoms with Crippen molar-refractivity contribution >= 4 is 17.6 Å². The van der Waals surface area contributed by atoms with E-state index in [1.807, 2.05) is 27.7 Å². The van der Waals surface area contributed by atoms with Crippen LogP contribution in [0.2, 0.25) is 0 Å². The Hall–Kier alpha value is -1.45. The Morgan fingerprint density at radius 2 is 1.71 bits per heavy atom. The summed E-state index contributed by atoms with van der Waals surface area (Å²) >= 11 is 0. The van der Waals surface area contributed by atoms with Crippen molar-refractivity contribution in [3.8, 4) is 0 Å². The van der Waals surface area contributed by atoms with Crippen LogP contribution in [0.4, 0.5) is 0 Å². The Bertz CT molecular complexity index is 359. The molecule has 0 aromatic rings. The fraction of sp³-hybridized carbons (Fsp3) is 0.615. The van der Waals surface area contributed by atoms with Gasteiger partial charge in [0.25, 0.3) is 11.8 Å². The zero-order chi connectivity index (χ0) is 13.2. The van der Waals surface area contributed by atoms with Gasteiger partial charge in [-0.25, -0.2) is 0 Å². The molecule has 1 heterocycles. The van der Waals surface area contributed by atoms with Crippen molar-refractivity contribution in [2.45, 2.75) is 34.1 Å². The number of nitrogens with zero attached hydrogens (tertiary/aromatic N) is 1. The molecule has 2 amide bonds. The van der Waals surface area contributed by atoms with Gasteiger partial charge in [-0.3, -0.25) is 19.3 Å². The van der Waals surface area contributed by atoms with Crippen LogP contribution in [0.3, 0.4) is 0 Å². The molecule has 0 saturated carbocycles. The van der Waals surface area contributed by atoms with Gasteiger partial charge in [-0.2, -0.15) is 0 Å². The molecule has 1 unspecified atom stereocenters. The summed E-state index contributed by atoms with van der Waals surface area (Å²) in [4.78, 5) is 35.7. The van der Waals surface area contributed by atoms with Crippen LogP contribution < -0.4 is 0 Å². The molecule has 1 aliphatic rings. The molecular weight excluding hydrogens is 218 g/mol. The van der Waals surface area contributed by atoms with Gasteiger partial charge < -0.3 is 0 Å². The summed E-state index contributed by atoms with van der Waals surface area (Å²) in [6.45, 7) is 7.78. The minimum absolute atomic E-state index is 0.142. The third kappa shape index (κ3) is 3.25. The van der Waals surface area contributed by atoms with E-state index in [2.05, 4.69) is 0 Å². The van der Waals surface area contributed by atoms with Gasteiger partial charge in [-0.05, 0) is 6.42 Å². The number of imide groups is 1. The average Bonchev–Trinajstić information content (AvgIpc) is 2.53. The van der Waals surface area contributed by atoms with E-state index < -0.39 is 0 Å². The molecule has 0 spiro atoms. The SMILES string of the molecule is CC(CCN1C(=O)C=CC1=O)C(=O)C(C)(C)C. The van der Waals surface area contributed by atoms with Crippen molar-refractivity contribution in [3.05, 3.63) is 12.2 Å². The average molecular weight is 237 g/mol. The molecule has 4 heteroatoms. The number of ketones is 1. The minimum Gasteiger partial charge on any atom is -0.299 e. The van der Waals surface area contributed by atoms with E-state index in [-0.39, 0.29) is 28.9 Å². The lowest BCUT2D eigenvalue weighted by atomic mass is 9.82. The van der Waals surface area contributed by atoms with Gasteiger partial charge in [0.05, 0.1) is 0 Å². The van der Waals surface area contributed by atoms with Crippen LogP contribution in [0.1, 0.15) is 34.1 Å². The van der Waals surface area contributed by atoms with Crippen LogP contribution in [-0.4, -0.2) is 29.0 Å². The van der Waals surface area contributed by atoms with Gasteiger partial charge in [-0.1, -0.05) is 27.7 Å². The third-order valence-corrected chi connectivity index (χ3v) is 2.87. The summed E-state index contributed by atoms with van der Waals surface area (Å²) in [5.41, 5.74) is -0.378. The van der Waals surface area contributed by atoms with Crippen LogP contribution in [0.25, 0.3) is 0 Å². The maximum Gasteiger partial charge on any atom is 0.253 e. The number of hydrogen-bond donors (Lipinski definition) is 0. The second-order valence-corrected chi connectivity index (χ2v) is 5.47. The Morgan fingerprint density at radius 3 is 2.12 bits per heavy atom. The lowest BCUT2D eigenvalue weighted by molar-refractivity contribution is -0.138.